The fraction of sp³-hybridized carbons (Fsp3) is 0.529. The van der Waals surface area contributed by atoms with Gasteiger partial charge < -0.3 is 59.2 Å². The third kappa shape index (κ3) is 27.4. The molecule has 1 aliphatic carbocycles. The topological polar surface area (TPSA) is 135 Å². The number of nitrogens with zero attached hydrogens (tertiary/aromatic N) is 1. The summed E-state index contributed by atoms with van der Waals surface area (Å²) in [5.41, 5.74) is 25.4. The second-order valence-corrected chi connectivity index (χ2v) is 41.4. The molecule has 4 N–H and O–H groups in total. The van der Waals surface area contributed by atoms with Gasteiger partial charge in [-0.25, -0.2) is 4.98 Å². The highest BCUT2D eigenvalue weighted by Gasteiger charge is 2.27. The third-order valence-corrected chi connectivity index (χ3v) is 22.3. The van der Waals surface area contributed by atoms with Crippen LogP contribution < -0.4 is 54.4 Å². The Morgan fingerprint density at radius 3 is 1.21 bits per heavy atom. The van der Waals surface area contributed by atoms with Gasteiger partial charge in [0.2, 0.25) is 6.79 Å². The normalized spacial score (nSPS) is 15.8. The summed E-state index contributed by atoms with van der Waals surface area (Å²) < 4.78 is 43.4. The number of aromatic nitrogens is 1. The van der Waals surface area contributed by atoms with Gasteiger partial charge in [0.05, 0.1) is 31.2 Å². The SMILES string of the molecule is CC(C)(C)C1=CCOCC1.CC(C)(C)c1ccc2c(c1)CCC2.CC(C)(C)c1ccc2c(c1)CCO2.CC(C)(C)c1ccc2c(c1)NCC2.CC(C)(C)c1ccc2c(c1)NCCO2.CC(C)(C)c1ccc2c(c1)OCCN2.CC(C)(C)c1ccc2c(c1)OCCO2.CC(C)(C)c1ccc2c(c1)OCO2.CC(C)(C)c1cnc2c(c1)CCN2. The zero-order chi connectivity index (χ0) is 85.5. The molecule has 0 unspecified atom stereocenters. The number of fused-ring (bicyclic) bond motifs is 8. The minimum absolute atomic E-state index is 0.163. The van der Waals surface area contributed by atoms with Crippen molar-refractivity contribution in [1.82, 2.24) is 4.98 Å². The molecule has 0 bridgehead atoms. The highest BCUT2D eigenvalue weighted by molar-refractivity contribution is 5.62. The van der Waals surface area contributed by atoms with Gasteiger partial charge in [0.1, 0.15) is 49.5 Å². The maximum Gasteiger partial charge on any atom is 0.231 e. The first kappa shape index (κ1) is 92.1. The van der Waals surface area contributed by atoms with Crippen molar-refractivity contribution in [1.29, 1.82) is 0 Å². The maximum absolute atomic E-state index is 5.60. The van der Waals surface area contributed by atoms with Gasteiger partial charge in [-0.15, -0.1) is 0 Å². The van der Waals surface area contributed by atoms with Crippen LogP contribution in [0.1, 0.15) is 272 Å². The number of ether oxygens (including phenoxy) is 8. The highest BCUT2D eigenvalue weighted by Crippen LogP contribution is 2.41. The Labute approximate surface area is 706 Å². The molecule has 0 saturated carbocycles. The van der Waals surface area contributed by atoms with E-state index in [-0.39, 0.29) is 37.9 Å². The van der Waals surface area contributed by atoms with Gasteiger partial charge in [0.15, 0.2) is 23.0 Å². The molecule has 1 aromatic heterocycles. The van der Waals surface area contributed by atoms with Crippen molar-refractivity contribution in [2.45, 2.75) is 275 Å². The Balaban J connectivity index is 0.000000150. The monoisotopic (exact) mass is 1590 g/mol. The predicted octanol–water partition coefficient (Wildman–Crippen LogP) is 25.1. The highest BCUT2D eigenvalue weighted by atomic mass is 16.7. The Bertz CT molecular complexity index is 4040. The van der Waals surface area contributed by atoms with E-state index in [4.69, 9.17) is 37.9 Å². The van der Waals surface area contributed by atoms with Gasteiger partial charge >= 0.3 is 0 Å². The molecular formula is C104H147N5O8. The van der Waals surface area contributed by atoms with E-state index in [1.165, 1.54) is 92.6 Å². The molecule has 8 aliphatic heterocycles. The van der Waals surface area contributed by atoms with Crippen molar-refractivity contribution in [2.24, 2.45) is 5.41 Å². The van der Waals surface area contributed by atoms with E-state index in [9.17, 15) is 0 Å². The zero-order valence-electron chi connectivity index (χ0n) is 77.0. The fourth-order valence-corrected chi connectivity index (χ4v) is 14.3. The van der Waals surface area contributed by atoms with E-state index in [2.05, 4.69) is 341 Å². The molecule has 636 valence electrons. The third-order valence-electron chi connectivity index (χ3n) is 22.3. The van der Waals surface area contributed by atoms with Crippen LogP contribution in [0.4, 0.5) is 22.9 Å². The molecule has 0 saturated heterocycles. The van der Waals surface area contributed by atoms with E-state index in [1.807, 2.05) is 18.3 Å². The lowest BCUT2D eigenvalue weighted by Crippen LogP contribution is -2.19. The first-order valence-corrected chi connectivity index (χ1v) is 43.3. The van der Waals surface area contributed by atoms with Gasteiger partial charge in [-0.3, -0.25) is 0 Å². The van der Waals surface area contributed by atoms with E-state index in [0.29, 0.717) is 30.8 Å². The largest absolute Gasteiger partial charge is 0.493 e. The van der Waals surface area contributed by atoms with Crippen molar-refractivity contribution in [3.05, 3.63) is 224 Å². The number of anilines is 4. The van der Waals surface area contributed by atoms with Crippen LogP contribution in [0, 0.1) is 5.41 Å². The number of nitrogens with one attached hydrogen (secondary N) is 4. The molecule has 17 rings (SSSR count). The van der Waals surface area contributed by atoms with Crippen molar-refractivity contribution in [3.8, 4) is 40.2 Å². The van der Waals surface area contributed by atoms with Gasteiger partial charge in [0.25, 0.3) is 0 Å². The molecule has 0 spiro atoms. The van der Waals surface area contributed by atoms with Crippen LogP contribution in [0.25, 0.3) is 0 Å². The molecule has 117 heavy (non-hydrogen) atoms. The molecule has 0 amide bonds. The minimum Gasteiger partial charge on any atom is -0.493 e. The summed E-state index contributed by atoms with van der Waals surface area (Å²) >= 11 is 0. The van der Waals surface area contributed by atoms with E-state index < -0.39 is 0 Å². The fourth-order valence-electron chi connectivity index (χ4n) is 14.3. The number of pyridine rings is 1. The lowest BCUT2D eigenvalue weighted by molar-refractivity contribution is 0.147. The van der Waals surface area contributed by atoms with E-state index >= 15 is 0 Å². The van der Waals surface area contributed by atoms with E-state index in [0.717, 1.165) is 136 Å². The van der Waals surface area contributed by atoms with Crippen LogP contribution in [0.2, 0.25) is 0 Å². The summed E-state index contributed by atoms with van der Waals surface area (Å²) in [7, 11) is 0. The maximum atomic E-state index is 5.60. The Kier molecular flexibility index (Phi) is 30.6. The van der Waals surface area contributed by atoms with Gasteiger partial charge in [-0.05, 0) is 220 Å². The Morgan fingerprint density at radius 1 is 0.256 bits per heavy atom. The summed E-state index contributed by atoms with van der Waals surface area (Å²) in [5.74, 6) is 7.59. The quantitative estimate of drug-likeness (QED) is 0.107. The minimum atomic E-state index is 0.163. The molecule has 7 aromatic carbocycles. The van der Waals surface area contributed by atoms with Crippen molar-refractivity contribution in [3.63, 3.8) is 0 Å². The van der Waals surface area contributed by atoms with Crippen LogP contribution in [0.15, 0.2) is 151 Å². The predicted molar refractivity (Wildman–Crippen MR) is 493 cm³/mol. The summed E-state index contributed by atoms with van der Waals surface area (Å²) in [5, 5.41) is 13.3. The van der Waals surface area contributed by atoms with Crippen molar-refractivity contribution < 1.29 is 37.9 Å². The van der Waals surface area contributed by atoms with Gasteiger partial charge in [-0.1, -0.05) is 271 Å². The standard InChI is InChI=1S/C13H18.2C12H17NO.C12H17N.C12H16O2.C12H16O.C11H16N2.C11H14O2.C9H16O/c1-13(2,3)12-8-7-10-5-4-6-11(10)9-12;1-12(2,3)9-4-5-11-10(8-9)13-6-7-14-11;1-12(2,3)9-4-5-10-11(8-9)14-7-6-13-10;1-12(2,3)10-5-4-9-6-7-13-11(9)8-10;1-12(2,3)9-4-5-10-11(8-9)14-7-6-13-10;1-12(2,3)10-4-5-11-9(8-10)6-7-13-11;1-11(2,3)9-6-8-4-5-12-10(8)13-7-9;1-11(2,3)8-4-5-9-10(6-8)13-7-12-9;1-9(2,3)8-4-6-10-7-5-8/h7-9H,4-6H2,1-3H3;2*4-5,8,13H,6-7H2,1-3H3;4-5,8,13H,6-7H2,1-3H3;4-5,8H,6-7H2,1-3H3;4-5,8H,6-7H2,1-3H3;6-7H,4-5H2,1-3H3,(H,12,13);4-6H,7H2,1-3H3;4H,5-7H2,1-3H3. The molecule has 13 heteroatoms. The summed E-state index contributed by atoms with van der Waals surface area (Å²) in [4.78, 5) is 4.41. The molecule has 9 heterocycles. The summed E-state index contributed by atoms with van der Waals surface area (Å²) in [6.07, 6.45) is 12.6. The first-order chi connectivity index (χ1) is 54.7. The van der Waals surface area contributed by atoms with Gasteiger partial charge in [0, 0.05) is 44.5 Å². The molecule has 8 aromatic rings. The molecular weight excluding hydrogens is 1450 g/mol. The lowest BCUT2D eigenvalue weighted by Gasteiger charge is -2.25. The van der Waals surface area contributed by atoms with Crippen LogP contribution in [0.5, 0.6) is 40.2 Å². The van der Waals surface area contributed by atoms with Crippen LogP contribution >= 0.6 is 0 Å². The molecule has 13 nitrogen and oxygen atoms in total. The lowest BCUT2D eigenvalue weighted by atomic mass is 9.84. The zero-order valence-corrected chi connectivity index (χ0v) is 77.0. The van der Waals surface area contributed by atoms with E-state index in [1.54, 1.807) is 16.7 Å². The number of rotatable bonds is 0. The molecule has 0 fully saturated rings. The first-order valence-electron chi connectivity index (χ1n) is 43.3. The second kappa shape index (κ2) is 38.9. The van der Waals surface area contributed by atoms with Crippen molar-refractivity contribution >= 4 is 22.9 Å². The Morgan fingerprint density at radius 2 is 0.658 bits per heavy atom. The molecule has 0 radical (unpaired) electrons. The average Bonchev–Trinajstić information content (AvgIpc) is 1.80. The number of aryl methyl sites for hydroxylation is 2. The second-order valence-electron chi connectivity index (χ2n) is 41.4. The Hall–Kier alpha value is -8.81. The average molecular weight is 1600 g/mol. The van der Waals surface area contributed by atoms with Crippen LogP contribution in [0.3, 0.4) is 0 Å². The molecule has 0 atom stereocenters. The number of benzene rings is 7. The van der Waals surface area contributed by atoms with Crippen LogP contribution in [-0.2, 0) is 80.2 Å². The summed E-state index contributed by atoms with van der Waals surface area (Å²) in [6.45, 7) is 69.9. The van der Waals surface area contributed by atoms with Crippen molar-refractivity contribution in [2.75, 3.05) is 100 Å². The number of hydrogen-bond donors (Lipinski definition) is 4. The van der Waals surface area contributed by atoms with Crippen LogP contribution in [-0.4, -0.2) is 84.2 Å². The molecule has 9 aliphatic rings. The van der Waals surface area contributed by atoms with Gasteiger partial charge in [-0.2, -0.15) is 0 Å². The summed E-state index contributed by atoms with van der Waals surface area (Å²) in [6, 6.07) is 47.8. The smallest absolute Gasteiger partial charge is 0.231 e. The number of hydrogen-bond acceptors (Lipinski definition) is 13.